The minimum Gasteiger partial charge on any atom is -0.274 e. The molecule has 0 aromatic carbocycles. The van der Waals surface area contributed by atoms with E-state index in [-0.39, 0.29) is 35.5 Å². The Labute approximate surface area is 250 Å². The second kappa shape index (κ2) is 13.4. The van der Waals surface area contributed by atoms with Crippen molar-refractivity contribution in [2.75, 3.05) is 34.5 Å². The summed E-state index contributed by atoms with van der Waals surface area (Å²) in [5.41, 5.74) is -0.905. The molecular formula is C29H42N2O4S4. The van der Waals surface area contributed by atoms with Gasteiger partial charge in [0.2, 0.25) is 11.8 Å². The number of hydrogen-bond acceptors (Lipinski definition) is 8. The molecule has 4 rings (SSSR count). The molecule has 0 aliphatic carbocycles. The predicted octanol–water partition coefficient (Wildman–Crippen LogP) is 5.97. The number of rotatable bonds is 14. The summed E-state index contributed by atoms with van der Waals surface area (Å²) in [4.78, 5) is 56.2. The third-order valence-corrected chi connectivity index (χ3v) is 12.6. The molecule has 2 atom stereocenters. The highest BCUT2D eigenvalue weighted by atomic mass is 32.2. The molecule has 216 valence electrons. The molecule has 0 aromatic heterocycles. The first kappa shape index (κ1) is 31.1. The van der Waals surface area contributed by atoms with E-state index in [0.29, 0.717) is 0 Å². The number of imide groups is 2. The van der Waals surface area contributed by atoms with Gasteiger partial charge in [-0.25, -0.2) is 0 Å². The first-order valence-corrected chi connectivity index (χ1v) is 18.4. The number of amides is 4. The van der Waals surface area contributed by atoms with E-state index < -0.39 is 11.1 Å². The predicted molar refractivity (Wildman–Crippen MR) is 167 cm³/mol. The third kappa shape index (κ3) is 7.33. The molecule has 2 saturated heterocycles. The molecule has 4 heterocycles. The molecule has 0 radical (unpaired) electrons. The molecule has 4 amide bonds. The zero-order valence-electron chi connectivity index (χ0n) is 23.7. The van der Waals surface area contributed by atoms with E-state index in [1.807, 2.05) is 51.2 Å². The van der Waals surface area contributed by atoms with Gasteiger partial charge in [0.15, 0.2) is 0 Å². The zero-order chi connectivity index (χ0) is 28.2. The van der Waals surface area contributed by atoms with Gasteiger partial charge in [0, 0.05) is 33.0 Å². The summed E-state index contributed by atoms with van der Waals surface area (Å²) in [6, 6.07) is 0. The highest BCUT2D eigenvalue weighted by Gasteiger charge is 2.45. The molecule has 2 unspecified atom stereocenters. The summed E-state index contributed by atoms with van der Waals surface area (Å²) < 4.78 is 0. The summed E-state index contributed by atoms with van der Waals surface area (Å²) >= 11 is 7.19. The van der Waals surface area contributed by atoms with Gasteiger partial charge in [0.25, 0.3) is 11.8 Å². The zero-order valence-corrected chi connectivity index (χ0v) is 26.9. The van der Waals surface area contributed by atoms with Gasteiger partial charge in [-0.05, 0) is 107 Å². The summed E-state index contributed by atoms with van der Waals surface area (Å²) in [6.45, 7) is 8.08. The maximum Gasteiger partial charge on any atom is 0.254 e. The molecule has 0 saturated carbocycles. The second-order valence-electron chi connectivity index (χ2n) is 11.9. The van der Waals surface area contributed by atoms with E-state index in [0.717, 1.165) is 89.3 Å². The number of carbonyl (C=O) groups excluding carboxylic acids is 4. The molecule has 0 N–H and O–H groups in total. The molecular weight excluding hydrogens is 569 g/mol. The van der Waals surface area contributed by atoms with E-state index in [1.54, 1.807) is 35.7 Å². The maximum absolute atomic E-state index is 13.0. The van der Waals surface area contributed by atoms with E-state index in [1.165, 1.54) is 9.80 Å². The molecule has 39 heavy (non-hydrogen) atoms. The van der Waals surface area contributed by atoms with Gasteiger partial charge in [-0.1, -0.05) is 0 Å². The number of fused-ring (bicyclic) bond motifs is 2. The Morgan fingerprint density at radius 2 is 1.08 bits per heavy atom. The van der Waals surface area contributed by atoms with Crippen LogP contribution in [-0.4, -0.2) is 79.0 Å². The topological polar surface area (TPSA) is 74.8 Å². The largest absolute Gasteiger partial charge is 0.274 e. The lowest BCUT2D eigenvalue weighted by Crippen LogP contribution is -2.54. The molecule has 10 heteroatoms. The Bertz CT molecular complexity index is 958. The molecule has 4 aliphatic heterocycles. The van der Waals surface area contributed by atoms with Gasteiger partial charge in [0.05, 0.1) is 11.8 Å². The lowest BCUT2D eigenvalue weighted by atomic mass is 9.91. The van der Waals surface area contributed by atoms with Gasteiger partial charge < -0.3 is 0 Å². The van der Waals surface area contributed by atoms with Crippen molar-refractivity contribution < 1.29 is 19.2 Å². The number of thioether (sulfide) groups is 4. The fraction of sp³-hybridized carbons (Fsp3) is 0.724. The van der Waals surface area contributed by atoms with E-state index in [4.69, 9.17) is 0 Å². The van der Waals surface area contributed by atoms with Crippen LogP contribution in [0.25, 0.3) is 0 Å². The van der Waals surface area contributed by atoms with Crippen molar-refractivity contribution >= 4 is 70.7 Å². The van der Waals surface area contributed by atoms with Gasteiger partial charge in [-0.2, -0.15) is 23.5 Å². The van der Waals surface area contributed by atoms with Crippen LogP contribution >= 0.6 is 47.0 Å². The van der Waals surface area contributed by atoms with Crippen LogP contribution in [0.5, 0.6) is 0 Å². The third-order valence-electron chi connectivity index (χ3n) is 7.99. The summed E-state index contributed by atoms with van der Waals surface area (Å²) in [5, 5.41) is 0. The molecule has 0 spiro atoms. The monoisotopic (exact) mass is 610 g/mol. The second-order valence-corrected chi connectivity index (χ2v) is 16.7. The first-order chi connectivity index (χ1) is 18.5. The van der Waals surface area contributed by atoms with Gasteiger partial charge in [0.1, 0.15) is 0 Å². The Kier molecular flexibility index (Phi) is 10.7. The van der Waals surface area contributed by atoms with Crippen LogP contribution < -0.4 is 0 Å². The van der Waals surface area contributed by atoms with Crippen LogP contribution in [0.3, 0.4) is 0 Å². The van der Waals surface area contributed by atoms with E-state index in [9.17, 15) is 19.2 Å². The van der Waals surface area contributed by atoms with Crippen molar-refractivity contribution in [2.45, 2.75) is 83.7 Å². The highest BCUT2D eigenvalue weighted by Crippen LogP contribution is 2.43. The van der Waals surface area contributed by atoms with Crippen molar-refractivity contribution in [3.8, 4) is 0 Å². The van der Waals surface area contributed by atoms with Crippen LogP contribution in [0.2, 0.25) is 0 Å². The Balaban J connectivity index is 1.06. The minimum absolute atomic E-state index is 0.00594. The SMILES string of the molecule is CC(C)(CCCSCCCSCCCC(C)(C)N1C(=O)C=C2SCCC2C1=O)N1C(=O)C=C2SCCC2C1=O. The molecule has 4 aliphatic rings. The smallest absolute Gasteiger partial charge is 0.254 e. The summed E-state index contributed by atoms with van der Waals surface area (Å²) in [6.07, 6.45) is 9.82. The fourth-order valence-electron chi connectivity index (χ4n) is 5.85. The number of hydrogen-bond donors (Lipinski definition) is 0. The number of nitrogens with zero attached hydrogens (tertiary/aromatic N) is 2. The normalized spacial score (nSPS) is 23.8. The summed E-state index contributed by atoms with van der Waals surface area (Å²) in [5.74, 6) is 5.63. The quantitative estimate of drug-likeness (QED) is 0.176. The highest BCUT2D eigenvalue weighted by molar-refractivity contribution is 8.03. The van der Waals surface area contributed by atoms with Crippen molar-refractivity contribution in [3.05, 3.63) is 22.0 Å². The van der Waals surface area contributed by atoms with Gasteiger partial charge >= 0.3 is 0 Å². The van der Waals surface area contributed by atoms with Crippen LogP contribution in [0.4, 0.5) is 0 Å². The van der Waals surface area contributed by atoms with Crippen LogP contribution in [0, 0.1) is 11.8 Å². The van der Waals surface area contributed by atoms with Crippen LogP contribution in [0.15, 0.2) is 22.0 Å². The summed E-state index contributed by atoms with van der Waals surface area (Å²) in [7, 11) is 0. The lowest BCUT2D eigenvalue weighted by molar-refractivity contribution is -0.153. The van der Waals surface area contributed by atoms with Crippen molar-refractivity contribution in [1.82, 2.24) is 9.80 Å². The van der Waals surface area contributed by atoms with Crippen molar-refractivity contribution in [3.63, 3.8) is 0 Å². The van der Waals surface area contributed by atoms with E-state index in [2.05, 4.69) is 0 Å². The lowest BCUT2D eigenvalue weighted by Gasteiger charge is -2.40. The Morgan fingerprint density at radius 1 is 0.692 bits per heavy atom. The van der Waals surface area contributed by atoms with Gasteiger partial charge in [-0.15, -0.1) is 23.5 Å². The molecule has 0 bridgehead atoms. The van der Waals surface area contributed by atoms with Gasteiger partial charge in [-0.3, -0.25) is 29.0 Å². The standard InChI is InChI=1S/C29H42N2O4S4/c1-28(2,30-24(32)18-22-20(26(30)34)8-16-38-22)10-5-12-36-14-7-15-37-13-6-11-29(3,4)31-25(33)19-23-21(27(31)35)9-17-39-23/h18-21H,5-17H2,1-4H3. The molecule has 2 fully saturated rings. The van der Waals surface area contributed by atoms with Crippen LogP contribution in [0.1, 0.15) is 72.6 Å². The Morgan fingerprint density at radius 3 is 1.49 bits per heavy atom. The average Bonchev–Trinajstić information content (AvgIpc) is 3.52. The molecule has 0 aromatic rings. The van der Waals surface area contributed by atoms with Crippen molar-refractivity contribution in [1.29, 1.82) is 0 Å². The fourth-order valence-corrected chi connectivity index (χ4v) is 10.2. The maximum atomic E-state index is 13.0. The van der Waals surface area contributed by atoms with Crippen LogP contribution in [-0.2, 0) is 19.2 Å². The minimum atomic E-state index is -0.453. The van der Waals surface area contributed by atoms with Crippen molar-refractivity contribution in [2.24, 2.45) is 11.8 Å². The van der Waals surface area contributed by atoms with E-state index >= 15 is 0 Å². The molecule has 6 nitrogen and oxygen atoms in total. The first-order valence-electron chi connectivity index (χ1n) is 14.1. The Hall–Kier alpha value is -0.840. The average molecular weight is 611 g/mol. The number of carbonyl (C=O) groups is 4.